The molecule has 0 spiro atoms. The molecule has 1 aliphatic carbocycles. The molecule has 2 aromatic heterocycles. The lowest BCUT2D eigenvalue weighted by Gasteiger charge is -1.99. The van der Waals surface area contributed by atoms with E-state index in [2.05, 4.69) is 19.8 Å². The number of methoxy groups -OCH3 is 1. The molecule has 0 radical (unpaired) electrons. The van der Waals surface area contributed by atoms with Crippen molar-refractivity contribution >= 4 is 23.5 Å². The molecular weight excluding hydrogens is 252 g/mol. The number of carbonyl (C=O) groups excluding carboxylic acids is 1. The molecule has 0 aromatic carbocycles. The van der Waals surface area contributed by atoms with Gasteiger partial charge in [-0.1, -0.05) is 11.8 Å². The van der Waals surface area contributed by atoms with Crippen molar-refractivity contribution < 1.29 is 9.53 Å². The summed E-state index contributed by atoms with van der Waals surface area (Å²) in [6, 6.07) is 0. The van der Waals surface area contributed by atoms with Gasteiger partial charge in [-0.05, 0) is 24.8 Å². The summed E-state index contributed by atoms with van der Waals surface area (Å²) in [6.07, 6.45) is 5.09. The molecule has 6 nitrogen and oxygen atoms in total. The smallest absolute Gasteiger partial charge is 0.316 e. The van der Waals surface area contributed by atoms with Crippen molar-refractivity contribution in [1.82, 2.24) is 19.6 Å². The normalized spacial score (nSPS) is 13.8. The summed E-state index contributed by atoms with van der Waals surface area (Å²) >= 11 is 1.27. The lowest BCUT2D eigenvalue weighted by atomic mass is 10.3. The zero-order valence-electron chi connectivity index (χ0n) is 9.92. The van der Waals surface area contributed by atoms with E-state index in [0.29, 0.717) is 10.9 Å². The topological polar surface area (TPSA) is 69.4 Å². The predicted molar refractivity (Wildman–Crippen MR) is 65.5 cm³/mol. The summed E-state index contributed by atoms with van der Waals surface area (Å²) < 4.78 is 6.38. The number of thioether (sulfide) groups is 1. The second kappa shape index (κ2) is 4.56. The second-order valence-corrected chi connectivity index (χ2v) is 5.00. The number of ether oxygens (including phenoxy) is 1. The maximum Gasteiger partial charge on any atom is 0.316 e. The Morgan fingerprint density at radius 2 is 2.44 bits per heavy atom. The standard InChI is InChI=1S/C11H12N4O2S/c1-17-9(16)6-18-11-13-10-12-5-7-3-2-4-8(7)15(10)14-11/h5H,2-4,6H2,1H3. The molecule has 2 aromatic rings. The first kappa shape index (κ1) is 11.5. The Bertz CT molecular complexity index is 610. The molecule has 18 heavy (non-hydrogen) atoms. The molecule has 0 aliphatic heterocycles. The molecule has 0 saturated heterocycles. The van der Waals surface area contributed by atoms with Crippen molar-refractivity contribution in [3.05, 3.63) is 17.5 Å². The summed E-state index contributed by atoms with van der Waals surface area (Å²) in [5.41, 5.74) is 2.44. The van der Waals surface area contributed by atoms with Crippen LogP contribution >= 0.6 is 11.8 Å². The van der Waals surface area contributed by atoms with E-state index in [0.717, 1.165) is 19.3 Å². The Morgan fingerprint density at radius 1 is 1.56 bits per heavy atom. The van der Waals surface area contributed by atoms with Gasteiger partial charge in [-0.15, -0.1) is 5.10 Å². The molecule has 94 valence electrons. The van der Waals surface area contributed by atoms with Gasteiger partial charge in [-0.25, -0.2) is 4.98 Å². The van der Waals surface area contributed by atoms with E-state index in [4.69, 9.17) is 0 Å². The zero-order chi connectivity index (χ0) is 12.5. The molecule has 0 amide bonds. The number of carbonyl (C=O) groups is 1. The fraction of sp³-hybridized carbons (Fsp3) is 0.455. The van der Waals surface area contributed by atoms with Crippen LogP contribution in [0.2, 0.25) is 0 Å². The summed E-state index contributed by atoms with van der Waals surface area (Å²) in [5, 5.41) is 4.95. The third-order valence-corrected chi connectivity index (χ3v) is 3.75. The van der Waals surface area contributed by atoms with Gasteiger partial charge in [0.1, 0.15) is 0 Å². The van der Waals surface area contributed by atoms with Crippen molar-refractivity contribution in [2.45, 2.75) is 24.4 Å². The molecule has 0 fully saturated rings. The number of aromatic nitrogens is 4. The highest BCUT2D eigenvalue weighted by Gasteiger charge is 2.17. The number of esters is 1. The van der Waals surface area contributed by atoms with Crippen LogP contribution in [0.15, 0.2) is 11.4 Å². The van der Waals surface area contributed by atoms with Crippen LogP contribution in [0.4, 0.5) is 0 Å². The van der Waals surface area contributed by atoms with Gasteiger partial charge in [0.05, 0.1) is 18.6 Å². The first-order valence-electron chi connectivity index (χ1n) is 5.71. The molecule has 0 saturated carbocycles. The van der Waals surface area contributed by atoms with Crippen LogP contribution in [0.3, 0.4) is 0 Å². The SMILES string of the molecule is COC(=O)CSc1nc2ncc3c(n2n1)CCC3. The van der Waals surface area contributed by atoms with Gasteiger partial charge >= 0.3 is 5.97 Å². The highest BCUT2D eigenvalue weighted by Crippen LogP contribution is 2.22. The van der Waals surface area contributed by atoms with Crippen LogP contribution in [-0.2, 0) is 22.4 Å². The highest BCUT2D eigenvalue weighted by atomic mass is 32.2. The third-order valence-electron chi connectivity index (χ3n) is 2.94. The zero-order valence-corrected chi connectivity index (χ0v) is 10.7. The van der Waals surface area contributed by atoms with E-state index < -0.39 is 0 Å². The van der Waals surface area contributed by atoms with Gasteiger partial charge in [0, 0.05) is 6.20 Å². The first-order valence-corrected chi connectivity index (χ1v) is 6.69. The minimum absolute atomic E-state index is 0.218. The van der Waals surface area contributed by atoms with E-state index in [-0.39, 0.29) is 11.7 Å². The van der Waals surface area contributed by atoms with Gasteiger partial charge in [-0.2, -0.15) is 9.50 Å². The van der Waals surface area contributed by atoms with Crippen molar-refractivity contribution in [3.63, 3.8) is 0 Å². The quantitative estimate of drug-likeness (QED) is 0.605. The fourth-order valence-corrected chi connectivity index (χ4v) is 2.71. The molecular formula is C11H12N4O2S. The summed E-state index contributed by atoms with van der Waals surface area (Å²) in [7, 11) is 1.37. The van der Waals surface area contributed by atoms with Crippen molar-refractivity contribution in [2.75, 3.05) is 12.9 Å². The molecule has 2 heterocycles. The Labute approximate surface area is 108 Å². The molecule has 7 heteroatoms. The second-order valence-electron chi connectivity index (χ2n) is 4.05. The fourth-order valence-electron chi connectivity index (χ4n) is 2.06. The minimum Gasteiger partial charge on any atom is -0.468 e. The predicted octanol–water partition coefficient (Wildman–Crippen LogP) is 0.878. The summed E-state index contributed by atoms with van der Waals surface area (Å²) in [4.78, 5) is 19.6. The average Bonchev–Trinajstić information content (AvgIpc) is 3.00. The maximum absolute atomic E-state index is 11.1. The van der Waals surface area contributed by atoms with E-state index >= 15 is 0 Å². The van der Waals surface area contributed by atoms with E-state index in [1.807, 2.05) is 6.20 Å². The molecule has 0 unspecified atom stereocenters. The van der Waals surface area contributed by atoms with Gasteiger partial charge in [0.2, 0.25) is 5.16 Å². The van der Waals surface area contributed by atoms with E-state index in [1.165, 1.54) is 30.1 Å². The van der Waals surface area contributed by atoms with Crippen LogP contribution in [0.5, 0.6) is 0 Å². The van der Waals surface area contributed by atoms with Crippen LogP contribution in [-0.4, -0.2) is 38.4 Å². The Morgan fingerprint density at radius 3 is 3.28 bits per heavy atom. The van der Waals surface area contributed by atoms with Crippen LogP contribution in [0, 0.1) is 0 Å². The average molecular weight is 264 g/mol. The molecule has 0 bridgehead atoms. The third kappa shape index (κ3) is 1.94. The van der Waals surface area contributed by atoms with Crippen LogP contribution in [0.25, 0.3) is 5.78 Å². The van der Waals surface area contributed by atoms with Crippen molar-refractivity contribution in [2.24, 2.45) is 0 Å². The minimum atomic E-state index is -0.281. The van der Waals surface area contributed by atoms with Gasteiger partial charge in [0.15, 0.2) is 0 Å². The van der Waals surface area contributed by atoms with Gasteiger partial charge in [0.25, 0.3) is 5.78 Å². The summed E-state index contributed by atoms with van der Waals surface area (Å²) in [6.45, 7) is 0. The molecule has 0 N–H and O–H groups in total. The van der Waals surface area contributed by atoms with Crippen LogP contribution in [0.1, 0.15) is 17.7 Å². The first-order chi connectivity index (χ1) is 8.78. The Balaban J connectivity index is 1.89. The molecule has 0 atom stereocenters. The maximum atomic E-state index is 11.1. The number of rotatable bonds is 3. The number of fused-ring (bicyclic) bond motifs is 3. The summed E-state index contributed by atoms with van der Waals surface area (Å²) in [5.74, 6) is 0.537. The van der Waals surface area contributed by atoms with Crippen molar-refractivity contribution in [1.29, 1.82) is 0 Å². The Hall–Kier alpha value is -1.63. The van der Waals surface area contributed by atoms with Gasteiger partial charge in [-0.3, -0.25) is 4.79 Å². The van der Waals surface area contributed by atoms with E-state index in [9.17, 15) is 4.79 Å². The number of aryl methyl sites for hydroxylation is 2. The van der Waals surface area contributed by atoms with Crippen molar-refractivity contribution in [3.8, 4) is 0 Å². The molecule has 3 rings (SSSR count). The number of hydrogen-bond donors (Lipinski definition) is 0. The Kier molecular flexibility index (Phi) is 2.91. The number of hydrogen-bond acceptors (Lipinski definition) is 6. The lowest BCUT2D eigenvalue weighted by Crippen LogP contribution is -2.03. The molecule has 1 aliphatic rings. The lowest BCUT2D eigenvalue weighted by molar-refractivity contribution is -0.137. The number of nitrogens with zero attached hydrogens (tertiary/aromatic N) is 4. The highest BCUT2D eigenvalue weighted by molar-refractivity contribution is 7.99. The monoisotopic (exact) mass is 264 g/mol. The largest absolute Gasteiger partial charge is 0.468 e. The van der Waals surface area contributed by atoms with E-state index in [1.54, 1.807) is 4.52 Å². The van der Waals surface area contributed by atoms with Crippen LogP contribution < -0.4 is 0 Å². The van der Waals surface area contributed by atoms with Gasteiger partial charge < -0.3 is 4.74 Å².